The Morgan fingerprint density at radius 3 is 2.53 bits per heavy atom. The standard InChI is InChI=1S/C26H32F3N7O2/c1-16-6-7-18(10-24(16)36(31)15-23(30)22-14-32-35(4)17(22)2)25(37)33-20-11-19(26(27,28)29)12-21(13-20)34(3)8-9-38-5/h6-7,10-15H,8-9,30-31H2,1-5H3,(H,33,37)/b23-15-. The lowest BCUT2D eigenvalue weighted by Crippen LogP contribution is -2.27. The molecule has 0 unspecified atom stereocenters. The Bertz CT molecular complexity index is 1330. The number of alkyl halides is 3. The van der Waals surface area contributed by atoms with Gasteiger partial charge in [-0.3, -0.25) is 14.5 Å². The van der Waals surface area contributed by atoms with Crippen LogP contribution >= 0.6 is 0 Å². The van der Waals surface area contributed by atoms with Gasteiger partial charge in [0.1, 0.15) is 0 Å². The highest BCUT2D eigenvalue weighted by atomic mass is 19.4. The number of carbonyl (C=O) groups is 1. The van der Waals surface area contributed by atoms with Gasteiger partial charge in [-0.2, -0.15) is 18.3 Å². The number of anilines is 3. The molecule has 0 fully saturated rings. The highest BCUT2D eigenvalue weighted by Crippen LogP contribution is 2.34. The number of nitrogens with two attached hydrogens (primary N) is 2. The minimum Gasteiger partial charge on any atom is -0.397 e. The largest absolute Gasteiger partial charge is 0.416 e. The average molecular weight is 532 g/mol. The molecule has 5 N–H and O–H groups in total. The van der Waals surface area contributed by atoms with Crippen LogP contribution in [0.15, 0.2) is 48.8 Å². The molecule has 2 aromatic carbocycles. The first-order valence-corrected chi connectivity index (χ1v) is 11.7. The Morgan fingerprint density at radius 1 is 1.21 bits per heavy atom. The summed E-state index contributed by atoms with van der Waals surface area (Å²) in [6.07, 6.45) is -1.45. The van der Waals surface area contributed by atoms with Gasteiger partial charge in [0.15, 0.2) is 0 Å². The van der Waals surface area contributed by atoms with Crippen molar-refractivity contribution < 1.29 is 22.7 Å². The van der Waals surface area contributed by atoms with Gasteiger partial charge in [-0.1, -0.05) is 6.07 Å². The summed E-state index contributed by atoms with van der Waals surface area (Å²) < 4.78 is 47.4. The van der Waals surface area contributed by atoms with Crippen LogP contribution in [0.25, 0.3) is 5.70 Å². The molecule has 3 aromatic rings. The van der Waals surface area contributed by atoms with Crippen molar-refractivity contribution in [2.75, 3.05) is 42.5 Å². The van der Waals surface area contributed by atoms with Crippen molar-refractivity contribution in [3.63, 3.8) is 0 Å². The topological polar surface area (TPSA) is 115 Å². The van der Waals surface area contributed by atoms with E-state index in [1.54, 1.807) is 48.1 Å². The number of aromatic nitrogens is 2. The zero-order chi connectivity index (χ0) is 28.2. The van der Waals surface area contributed by atoms with Crippen molar-refractivity contribution in [1.29, 1.82) is 0 Å². The molecule has 0 radical (unpaired) electrons. The van der Waals surface area contributed by atoms with Gasteiger partial charge in [0, 0.05) is 62.1 Å². The van der Waals surface area contributed by atoms with E-state index >= 15 is 0 Å². The summed E-state index contributed by atoms with van der Waals surface area (Å²) >= 11 is 0. The van der Waals surface area contributed by atoms with Gasteiger partial charge in [0.25, 0.3) is 5.91 Å². The number of carbonyl (C=O) groups excluding carboxylic acids is 1. The number of halogens is 3. The Hall–Kier alpha value is -4.03. The molecule has 204 valence electrons. The quantitative estimate of drug-likeness (QED) is 0.282. The van der Waals surface area contributed by atoms with Gasteiger partial charge >= 0.3 is 6.18 Å². The minimum atomic E-state index is -4.59. The van der Waals surface area contributed by atoms with Crippen LogP contribution in [0, 0.1) is 13.8 Å². The lowest BCUT2D eigenvalue weighted by molar-refractivity contribution is -0.137. The first-order chi connectivity index (χ1) is 17.8. The predicted molar refractivity (Wildman–Crippen MR) is 142 cm³/mol. The fourth-order valence-electron chi connectivity index (χ4n) is 3.73. The summed E-state index contributed by atoms with van der Waals surface area (Å²) in [5.41, 5.74) is 9.04. The zero-order valence-corrected chi connectivity index (χ0v) is 21.9. The third-order valence-electron chi connectivity index (χ3n) is 6.15. The lowest BCUT2D eigenvalue weighted by atomic mass is 10.1. The summed E-state index contributed by atoms with van der Waals surface area (Å²) in [4.78, 5) is 14.7. The number of hydrazine groups is 1. The Kier molecular flexibility index (Phi) is 8.69. The van der Waals surface area contributed by atoms with Crippen molar-refractivity contribution in [2.24, 2.45) is 18.6 Å². The maximum atomic E-state index is 13.6. The maximum Gasteiger partial charge on any atom is 0.416 e. The molecule has 9 nitrogen and oxygen atoms in total. The molecule has 0 aliphatic heterocycles. The molecule has 0 spiro atoms. The van der Waals surface area contributed by atoms with E-state index in [4.69, 9.17) is 16.3 Å². The molecule has 0 aliphatic rings. The molecule has 1 aromatic heterocycles. The molecule has 3 rings (SSSR count). The molecule has 0 aliphatic carbocycles. The van der Waals surface area contributed by atoms with Crippen LogP contribution in [0.2, 0.25) is 0 Å². The zero-order valence-electron chi connectivity index (χ0n) is 21.9. The number of hydrogen-bond acceptors (Lipinski definition) is 7. The summed E-state index contributed by atoms with van der Waals surface area (Å²) in [6, 6.07) is 8.22. The first kappa shape index (κ1) is 28.5. The van der Waals surface area contributed by atoms with Crippen molar-refractivity contribution >= 4 is 28.7 Å². The van der Waals surface area contributed by atoms with E-state index in [9.17, 15) is 18.0 Å². The van der Waals surface area contributed by atoms with Crippen molar-refractivity contribution in [2.45, 2.75) is 20.0 Å². The number of hydrogen-bond donors (Lipinski definition) is 3. The summed E-state index contributed by atoms with van der Waals surface area (Å²) in [6.45, 7) is 4.38. The van der Waals surface area contributed by atoms with Gasteiger partial charge in [0.2, 0.25) is 0 Å². The van der Waals surface area contributed by atoms with Crippen molar-refractivity contribution in [3.05, 3.63) is 76.7 Å². The van der Waals surface area contributed by atoms with Crippen LogP contribution < -0.4 is 26.8 Å². The molecule has 0 saturated heterocycles. The molecular formula is C26H32F3N7O2. The highest BCUT2D eigenvalue weighted by Gasteiger charge is 2.32. The second-order valence-corrected chi connectivity index (χ2v) is 8.90. The number of methoxy groups -OCH3 is 1. The molecule has 1 amide bonds. The Morgan fingerprint density at radius 2 is 1.92 bits per heavy atom. The molecule has 12 heteroatoms. The number of aryl methyl sites for hydroxylation is 2. The fourth-order valence-corrected chi connectivity index (χ4v) is 3.73. The molecule has 0 bridgehead atoms. The Balaban J connectivity index is 1.89. The summed E-state index contributed by atoms with van der Waals surface area (Å²) in [5, 5.41) is 8.04. The molecule has 0 atom stereocenters. The van der Waals surface area contributed by atoms with Crippen LogP contribution in [-0.4, -0.2) is 43.0 Å². The maximum absolute atomic E-state index is 13.6. The van der Waals surface area contributed by atoms with Gasteiger partial charge in [-0.05, 0) is 49.7 Å². The number of likely N-dealkylation sites (N-methyl/N-ethyl adjacent to an activating group) is 1. The second kappa shape index (κ2) is 11.6. The molecule has 1 heterocycles. The molecular weight excluding hydrogens is 499 g/mol. The second-order valence-electron chi connectivity index (χ2n) is 8.90. The van der Waals surface area contributed by atoms with E-state index in [-0.39, 0.29) is 16.9 Å². The highest BCUT2D eigenvalue weighted by molar-refractivity contribution is 6.05. The third-order valence-corrected chi connectivity index (χ3v) is 6.15. The van der Waals surface area contributed by atoms with E-state index in [1.807, 2.05) is 13.8 Å². The predicted octanol–water partition coefficient (Wildman–Crippen LogP) is 4.03. The van der Waals surface area contributed by atoms with E-state index in [0.29, 0.717) is 30.1 Å². The number of amides is 1. The number of benzene rings is 2. The fraction of sp³-hybridized carbons (Fsp3) is 0.308. The van der Waals surface area contributed by atoms with Crippen LogP contribution in [0.4, 0.5) is 30.2 Å². The SMILES string of the molecule is COCCN(C)c1cc(NC(=O)c2ccc(C)c(N(N)/C=C(\N)c3cnn(C)c3C)c2)cc(C(F)(F)F)c1. The Labute approximate surface area is 219 Å². The van der Waals surface area contributed by atoms with E-state index in [1.165, 1.54) is 24.4 Å². The number of nitrogens with one attached hydrogen (secondary N) is 1. The van der Waals surface area contributed by atoms with Crippen molar-refractivity contribution in [3.8, 4) is 0 Å². The lowest BCUT2D eigenvalue weighted by Gasteiger charge is -2.22. The number of nitrogens with zero attached hydrogens (tertiary/aromatic N) is 4. The van der Waals surface area contributed by atoms with Gasteiger partial charge in [0.05, 0.1) is 29.8 Å². The smallest absolute Gasteiger partial charge is 0.397 e. The monoisotopic (exact) mass is 531 g/mol. The minimum absolute atomic E-state index is 0.00649. The van der Waals surface area contributed by atoms with Gasteiger partial charge in [-0.25, -0.2) is 5.84 Å². The molecule has 38 heavy (non-hydrogen) atoms. The van der Waals surface area contributed by atoms with Crippen LogP contribution in [0.1, 0.15) is 32.7 Å². The third kappa shape index (κ3) is 6.64. The van der Waals surface area contributed by atoms with Gasteiger partial charge in [-0.15, -0.1) is 0 Å². The van der Waals surface area contributed by atoms with Crippen LogP contribution in [0.5, 0.6) is 0 Å². The van der Waals surface area contributed by atoms with Crippen LogP contribution in [-0.2, 0) is 18.0 Å². The van der Waals surface area contributed by atoms with E-state index in [2.05, 4.69) is 10.4 Å². The van der Waals surface area contributed by atoms with E-state index < -0.39 is 17.6 Å². The van der Waals surface area contributed by atoms with Crippen molar-refractivity contribution in [1.82, 2.24) is 9.78 Å². The van der Waals surface area contributed by atoms with E-state index in [0.717, 1.165) is 23.4 Å². The summed E-state index contributed by atoms with van der Waals surface area (Å²) in [7, 11) is 4.95. The van der Waals surface area contributed by atoms with Crippen LogP contribution in [0.3, 0.4) is 0 Å². The number of rotatable bonds is 9. The number of ether oxygens (including phenoxy) is 1. The van der Waals surface area contributed by atoms with Gasteiger partial charge < -0.3 is 20.7 Å². The normalized spacial score (nSPS) is 12.0. The average Bonchev–Trinajstić information content (AvgIpc) is 3.19. The molecule has 0 saturated carbocycles. The summed E-state index contributed by atoms with van der Waals surface area (Å²) in [5.74, 6) is 5.66. The first-order valence-electron chi connectivity index (χ1n) is 11.7.